The second-order valence-corrected chi connectivity index (χ2v) is 9.43. The number of hydrogen-bond donors (Lipinski definition) is 1. The Balaban J connectivity index is 1.98. The molecule has 0 aliphatic carbocycles. The third kappa shape index (κ3) is 7.81. The van der Waals surface area contributed by atoms with Crippen LogP contribution < -0.4 is 5.32 Å². The van der Waals surface area contributed by atoms with E-state index in [1.54, 1.807) is 35.2 Å². The molecule has 0 aliphatic heterocycles. The van der Waals surface area contributed by atoms with Gasteiger partial charge in [-0.2, -0.15) is 0 Å². The molecule has 4 nitrogen and oxygen atoms in total. The van der Waals surface area contributed by atoms with Gasteiger partial charge in [-0.25, -0.2) is 4.39 Å². The first-order valence-electron chi connectivity index (χ1n) is 11.6. The van der Waals surface area contributed by atoms with E-state index in [-0.39, 0.29) is 36.6 Å². The number of halogens is 3. The number of benzene rings is 3. The molecule has 3 aromatic rings. The van der Waals surface area contributed by atoms with Crippen LogP contribution in [0.2, 0.25) is 10.0 Å². The standard InChI is InChI=1S/C28H29Cl2FN2O2/c1-3-19(2)32-28(35)26(15-20-7-5-4-6-8-20)33(18-21-9-13-24(31)14-10-21)27(34)16-22-11-12-23(29)17-25(22)30/h4-14,17,19,26H,3,15-16,18H2,1-2H3,(H,32,35)/t19-,26+/m1/s1. The zero-order valence-corrected chi connectivity index (χ0v) is 21.3. The molecule has 7 heteroatoms. The molecule has 0 heterocycles. The highest BCUT2D eigenvalue weighted by atomic mass is 35.5. The lowest BCUT2D eigenvalue weighted by atomic mass is 10.0. The molecule has 0 bridgehead atoms. The van der Waals surface area contributed by atoms with Gasteiger partial charge < -0.3 is 10.2 Å². The zero-order chi connectivity index (χ0) is 25.4. The highest BCUT2D eigenvalue weighted by Gasteiger charge is 2.31. The molecule has 3 rings (SSSR count). The van der Waals surface area contributed by atoms with Crippen molar-refractivity contribution in [2.75, 3.05) is 0 Å². The summed E-state index contributed by atoms with van der Waals surface area (Å²) in [5.74, 6) is -0.866. The minimum absolute atomic E-state index is 0.000895. The van der Waals surface area contributed by atoms with E-state index in [1.165, 1.54) is 12.1 Å². The summed E-state index contributed by atoms with van der Waals surface area (Å²) in [7, 11) is 0. The van der Waals surface area contributed by atoms with Crippen LogP contribution in [0.3, 0.4) is 0 Å². The average molecular weight is 515 g/mol. The Hall–Kier alpha value is -2.89. The summed E-state index contributed by atoms with van der Waals surface area (Å²) in [6.45, 7) is 4.06. The van der Waals surface area contributed by atoms with E-state index in [0.29, 0.717) is 22.0 Å². The Morgan fingerprint density at radius 2 is 1.66 bits per heavy atom. The molecule has 184 valence electrons. The Morgan fingerprint density at radius 3 is 2.29 bits per heavy atom. The highest BCUT2D eigenvalue weighted by molar-refractivity contribution is 6.35. The molecule has 0 saturated carbocycles. The molecule has 0 fully saturated rings. The second kappa shape index (κ2) is 12.7. The van der Waals surface area contributed by atoms with E-state index in [2.05, 4.69) is 5.32 Å². The number of carbonyl (C=O) groups is 2. The van der Waals surface area contributed by atoms with Gasteiger partial charge in [0, 0.05) is 29.1 Å². The van der Waals surface area contributed by atoms with E-state index in [0.717, 1.165) is 17.5 Å². The minimum atomic E-state index is -0.768. The van der Waals surface area contributed by atoms with Crippen LogP contribution in [0.15, 0.2) is 72.8 Å². The van der Waals surface area contributed by atoms with Gasteiger partial charge in [-0.15, -0.1) is 0 Å². The van der Waals surface area contributed by atoms with Crippen molar-refractivity contribution in [1.82, 2.24) is 10.2 Å². The SMILES string of the molecule is CC[C@@H](C)NC(=O)[C@H](Cc1ccccc1)N(Cc1ccc(F)cc1)C(=O)Cc1ccc(Cl)cc1Cl. The largest absolute Gasteiger partial charge is 0.352 e. The molecule has 2 amide bonds. The maximum Gasteiger partial charge on any atom is 0.243 e. The Labute approximate surface area is 216 Å². The second-order valence-electron chi connectivity index (χ2n) is 8.58. The molecular weight excluding hydrogens is 486 g/mol. The Bertz CT molecular complexity index is 1140. The van der Waals surface area contributed by atoms with Crippen molar-refractivity contribution in [3.05, 3.63) is 105 Å². The van der Waals surface area contributed by atoms with Crippen LogP contribution in [0.5, 0.6) is 0 Å². The van der Waals surface area contributed by atoms with Gasteiger partial charge in [-0.05, 0) is 54.3 Å². The Morgan fingerprint density at radius 1 is 0.971 bits per heavy atom. The molecule has 1 N–H and O–H groups in total. The molecule has 0 radical (unpaired) electrons. The van der Waals surface area contributed by atoms with Gasteiger partial charge in [0.15, 0.2) is 0 Å². The normalized spacial score (nSPS) is 12.6. The van der Waals surface area contributed by atoms with Gasteiger partial charge in [-0.1, -0.05) is 78.7 Å². The monoisotopic (exact) mass is 514 g/mol. The predicted molar refractivity (Wildman–Crippen MR) is 139 cm³/mol. The van der Waals surface area contributed by atoms with Crippen LogP contribution in [0, 0.1) is 5.82 Å². The predicted octanol–water partition coefficient (Wildman–Crippen LogP) is 6.23. The number of rotatable bonds is 10. The van der Waals surface area contributed by atoms with Gasteiger partial charge in [0.05, 0.1) is 6.42 Å². The maximum atomic E-state index is 13.7. The van der Waals surface area contributed by atoms with Crippen molar-refractivity contribution in [1.29, 1.82) is 0 Å². The summed E-state index contributed by atoms with van der Waals surface area (Å²) >= 11 is 12.4. The third-order valence-electron chi connectivity index (χ3n) is 5.90. The molecule has 0 spiro atoms. The summed E-state index contributed by atoms with van der Waals surface area (Å²) in [5, 5.41) is 3.89. The molecule has 0 aromatic heterocycles. The van der Waals surface area contributed by atoms with Crippen molar-refractivity contribution in [2.45, 2.75) is 51.7 Å². The van der Waals surface area contributed by atoms with Crippen LogP contribution >= 0.6 is 23.2 Å². The van der Waals surface area contributed by atoms with Crippen LogP contribution in [0.25, 0.3) is 0 Å². The van der Waals surface area contributed by atoms with Gasteiger partial charge in [0.25, 0.3) is 0 Å². The first-order valence-corrected chi connectivity index (χ1v) is 12.3. The number of nitrogens with one attached hydrogen (secondary N) is 1. The first kappa shape index (κ1) is 26.7. The molecular formula is C28H29Cl2FN2O2. The molecule has 3 aromatic carbocycles. The van der Waals surface area contributed by atoms with Gasteiger partial charge in [0.1, 0.15) is 11.9 Å². The van der Waals surface area contributed by atoms with Gasteiger partial charge in [0.2, 0.25) is 11.8 Å². The molecule has 0 aliphatic rings. The quantitative estimate of drug-likeness (QED) is 0.348. The van der Waals surface area contributed by atoms with Crippen LogP contribution in [0.4, 0.5) is 4.39 Å². The maximum absolute atomic E-state index is 13.7. The number of hydrogen-bond acceptors (Lipinski definition) is 2. The van der Waals surface area contributed by atoms with Crippen molar-refractivity contribution in [3.63, 3.8) is 0 Å². The molecule has 2 atom stereocenters. The smallest absolute Gasteiger partial charge is 0.243 e. The fraction of sp³-hybridized carbons (Fsp3) is 0.286. The molecule has 35 heavy (non-hydrogen) atoms. The van der Waals surface area contributed by atoms with E-state index < -0.39 is 6.04 Å². The van der Waals surface area contributed by atoms with E-state index >= 15 is 0 Å². The van der Waals surface area contributed by atoms with E-state index in [4.69, 9.17) is 23.2 Å². The summed E-state index contributed by atoms with van der Waals surface area (Å²) in [5.41, 5.74) is 2.26. The molecule has 0 saturated heterocycles. The Kier molecular flexibility index (Phi) is 9.70. The lowest BCUT2D eigenvalue weighted by molar-refractivity contribution is -0.141. The number of amides is 2. The fourth-order valence-corrected chi connectivity index (χ4v) is 4.19. The van der Waals surface area contributed by atoms with Crippen molar-refractivity contribution >= 4 is 35.0 Å². The van der Waals surface area contributed by atoms with E-state index in [9.17, 15) is 14.0 Å². The average Bonchev–Trinajstić information content (AvgIpc) is 2.84. The third-order valence-corrected chi connectivity index (χ3v) is 6.48. The van der Waals surface area contributed by atoms with Crippen molar-refractivity contribution in [2.24, 2.45) is 0 Å². The summed E-state index contributed by atoms with van der Waals surface area (Å²) in [6, 6.07) is 19.7. The zero-order valence-electron chi connectivity index (χ0n) is 19.8. The number of carbonyl (C=O) groups excluding carboxylic acids is 2. The lowest BCUT2D eigenvalue weighted by Gasteiger charge is -2.32. The van der Waals surface area contributed by atoms with E-state index in [1.807, 2.05) is 44.2 Å². The summed E-state index contributed by atoms with van der Waals surface area (Å²) in [6.07, 6.45) is 1.10. The summed E-state index contributed by atoms with van der Waals surface area (Å²) in [4.78, 5) is 28.7. The molecule has 0 unspecified atom stereocenters. The van der Waals surface area contributed by atoms with Crippen LogP contribution in [-0.4, -0.2) is 28.8 Å². The lowest BCUT2D eigenvalue weighted by Crippen LogP contribution is -2.52. The van der Waals surface area contributed by atoms with Crippen molar-refractivity contribution < 1.29 is 14.0 Å². The minimum Gasteiger partial charge on any atom is -0.352 e. The van der Waals surface area contributed by atoms with Crippen LogP contribution in [0.1, 0.15) is 37.0 Å². The van der Waals surface area contributed by atoms with Gasteiger partial charge >= 0.3 is 0 Å². The number of nitrogens with zero attached hydrogens (tertiary/aromatic N) is 1. The first-order chi connectivity index (χ1) is 16.8. The van der Waals surface area contributed by atoms with Crippen LogP contribution in [-0.2, 0) is 29.0 Å². The van der Waals surface area contributed by atoms with Crippen molar-refractivity contribution in [3.8, 4) is 0 Å². The summed E-state index contributed by atoms with van der Waals surface area (Å²) < 4.78 is 13.5. The van der Waals surface area contributed by atoms with Gasteiger partial charge in [-0.3, -0.25) is 9.59 Å². The highest BCUT2D eigenvalue weighted by Crippen LogP contribution is 2.23. The topological polar surface area (TPSA) is 49.4 Å². The fourth-order valence-electron chi connectivity index (χ4n) is 3.71.